The molecule has 13 heteroatoms. The second-order valence-electron chi connectivity index (χ2n) is 13.6. The lowest BCUT2D eigenvalue weighted by molar-refractivity contribution is -0.0103. The Morgan fingerprint density at radius 2 is 1.34 bits per heavy atom. The summed E-state index contributed by atoms with van der Waals surface area (Å²) in [5.41, 5.74) is 0. The lowest BCUT2D eigenvalue weighted by atomic mass is 10.1. The van der Waals surface area contributed by atoms with Gasteiger partial charge in [-0.25, -0.2) is 0 Å². The van der Waals surface area contributed by atoms with Gasteiger partial charge in [-0.1, -0.05) is 41.5 Å². The van der Waals surface area contributed by atoms with E-state index >= 15 is 0 Å². The molecule has 2 saturated heterocycles. The first kappa shape index (κ1) is 33.3. The molecule has 2 aliphatic heterocycles. The van der Waals surface area contributed by atoms with Gasteiger partial charge in [0.15, 0.2) is 25.0 Å². The molecule has 0 aliphatic carbocycles. The van der Waals surface area contributed by atoms with Gasteiger partial charge in [-0.2, -0.15) is 0 Å². The van der Waals surface area contributed by atoms with Crippen molar-refractivity contribution in [1.29, 1.82) is 0 Å². The van der Waals surface area contributed by atoms with E-state index in [4.69, 9.17) is 33.3 Å². The van der Waals surface area contributed by atoms with Gasteiger partial charge in [0.25, 0.3) is 0 Å². The SMILES string of the molecule is [2H]C[C@H]1O[C@@H](C)[C@@H](O[Si](C)(C)C(C)(C)C)C1OP(C)OC[C@H]1O[C@@H](C)[C@@H](O[Si](C)(C)C(C)(C)C)C1O[PH](=O)O. The summed E-state index contributed by atoms with van der Waals surface area (Å²) in [6.45, 7) is 27.6. The molecule has 2 heterocycles. The summed E-state index contributed by atoms with van der Waals surface area (Å²) >= 11 is 0. The summed E-state index contributed by atoms with van der Waals surface area (Å²) in [6, 6.07) is 0. The molecule has 0 aromatic heterocycles. The average molecular weight is 618 g/mol. The van der Waals surface area contributed by atoms with Crippen LogP contribution in [-0.4, -0.2) is 83.6 Å². The summed E-state index contributed by atoms with van der Waals surface area (Å²) in [7, 11) is -8.94. The predicted octanol–water partition coefficient (Wildman–Crippen LogP) is 6.47. The van der Waals surface area contributed by atoms with Gasteiger partial charge < -0.3 is 36.8 Å². The largest absolute Gasteiger partial charge is 0.409 e. The molecule has 0 spiro atoms. The molecule has 226 valence electrons. The fraction of sp³-hybridized carbons (Fsp3) is 1.00. The molecular formula is C25H54O9P2Si2. The van der Waals surface area contributed by atoms with Gasteiger partial charge in [-0.3, -0.25) is 4.57 Å². The van der Waals surface area contributed by atoms with Crippen molar-refractivity contribution in [2.45, 2.75) is 147 Å². The lowest BCUT2D eigenvalue weighted by Crippen LogP contribution is -2.49. The van der Waals surface area contributed by atoms with E-state index < -0.39 is 63.8 Å². The zero-order valence-electron chi connectivity index (χ0n) is 26.7. The molecule has 38 heavy (non-hydrogen) atoms. The monoisotopic (exact) mass is 617 g/mol. The van der Waals surface area contributed by atoms with Crippen LogP contribution in [0.5, 0.6) is 0 Å². The van der Waals surface area contributed by atoms with Gasteiger partial charge in [0.1, 0.15) is 30.5 Å². The zero-order chi connectivity index (χ0) is 30.1. The van der Waals surface area contributed by atoms with Gasteiger partial charge in [-0.15, -0.1) is 0 Å². The van der Waals surface area contributed by atoms with Crippen LogP contribution >= 0.6 is 16.6 Å². The first-order valence-corrected chi connectivity index (χ1v) is 22.2. The van der Waals surface area contributed by atoms with Crippen molar-refractivity contribution in [2.24, 2.45) is 0 Å². The van der Waals surface area contributed by atoms with E-state index in [1.165, 1.54) is 0 Å². The summed E-state index contributed by atoms with van der Waals surface area (Å²) in [5, 5.41) is -0.0212. The Balaban J connectivity index is 2.12. The van der Waals surface area contributed by atoms with E-state index in [2.05, 4.69) is 67.7 Å². The van der Waals surface area contributed by atoms with Crippen LogP contribution in [-0.2, 0) is 36.5 Å². The molecule has 0 radical (unpaired) electrons. The number of hydrogen-bond acceptors (Lipinski definition) is 8. The quantitative estimate of drug-likeness (QED) is 0.206. The summed E-state index contributed by atoms with van der Waals surface area (Å²) in [6.07, 6.45) is -3.47. The highest BCUT2D eigenvalue weighted by Gasteiger charge is 2.51. The minimum absolute atomic E-state index is 0.0207. The first-order chi connectivity index (χ1) is 17.6. The fourth-order valence-corrected chi connectivity index (χ4v) is 8.33. The van der Waals surface area contributed by atoms with Crippen molar-refractivity contribution in [3.8, 4) is 0 Å². The Kier molecular flexibility index (Phi) is 11.4. The Hall–Kier alpha value is 0.774. The van der Waals surface area contributed by atoms with E-state index in [-0.39, 0.29) is 41.9 Å². The molecule has 10 atom stereocenters. The third kappa shape index (κ3) is 8.65. The highest BCUT2D eigenvalue weighted by molar-refractivity contribution is 7.46. The maximum atomic E-state index is 11.8. The van der Waals surface area contributed by atoms with Crippen LogP contribution < -0.4 is 0 Å². The molecule has 0 aromatic carbocycles. The fourth-order valence-electron chi connectivity index (χ4n) is 4.08. The minimum Gasteiger partial charge on any atom is -0.409 e. The van der Waals surface area contributed by atoms with Crippen LogP contribution in [0.25, 0.3) is 0 Å². The molecule has 0 amide bonds. The second kappa shape index (κ2) is 13.0. The van der Waals surface area contributed by atoms with Crippen LogP contribution in [0.1, 0.15) is 63.7 Å². The number of ether oxygens (including phenoxy) is 2. The molecule has 2 aliphatic rings. The summed E-state index contributed by atoms with van der Waals surface area (Å²) in [4.78, 5) is 9.64. The molecule has 9 nitrogen and oxygen atoms in total. The number of hydrogen-bond donors (Lipinski definition) is 1. The lowest BCUT2D eigenvalue weighted by Gasteiger charge is -2.40. The minimum atomic E-state index is -3.23. The molecule has 0 aromatic rings. The summed E-state index contributed by atoms with van der Waals surface area (Å²) in [5.74, 6) is 0. The standard InChI is InChI=1S/C25H54O9P2Si2/c1-16-20(21(17(2)29-16)33-37(11,12)24(4,5)6)31-35(10)28-15-19-23(32-36(26)27)22(18(3)30-19)34-38(13,14)25(7,8)9/h16-23,36H,15H2,1-14H3,(H,26,27)/t16-,17+,18+,19-,20?,21-,22-,23?,35?/m1/s1/i1D. The number of rotatable bonds is 11. The van der Waals surface area contributed by atoms with Crippen molar-refractivity contribution >= 4 is 33.3 Å². The molecule has 2 fully saturated rings. The average Bonchev–Trinajstić information content (AvgIpc) is 3.20. The third-order valence-electron chi connectivity index (χ3n) is 8.49. The Morgan fingerprint density at radius 1 is 0.868 bits per heavy atom. The molecule has 2 rings (SSSR count). The van der Waals surface area contributed by atoms with Crippen molar-refractivity contribution in [2.75, 3.05) is 13.3 Å². The van der Waals surface area contributed by atoms with Gasteiger partial charge in [-0.05, 0) is 57.0 Å². The third-order valence-corrected chi connectivity index (χ3v) is 19.0. The Morgan fingerprint density at radius 3 is 1.79 bits per heavy atom. The second-order valence-corrected chi connectivity index (χ2v) is 25.2. The summed E-state index contributed by atoms with van der Waals surface area (Å²) < 4.78 is 63.3. The normalized spacial score (nSPS) is 35.4. The molecule has 4 unspecified atom stereocenters. The van der Waals surface area contributed by atoms with Crippen LogP contribution in [0.2, 0.25) is 36.3 Å². The molecule has 0 saturated carbocycles. The van der Waals surface area contributed by atoms with Gasteiger partial charge in [0.2, 0.25) is 0 Å². The van der Waals surface area contributed by atoms with Gasteiger partial charge >= 0.3 is 8.25 Å². The molecular weight excluding hydrogens is 562 g/mol. The van der Waals surface area contributed by atoms with Crippen molar-refractivity contribution in [1.82, 2.24) is 0 Å². The van der Waals surface area contributed by atoms with Crippen LogP contribution in [0, 0.1) is 0 Å². The topological polar surface area (TPSA) is 102 Å². The van der Waals surface area contributed by atoms with E-state index in [9.17, 15) is 9.46 Å². The zero-order valence-corrected chi connectivity index (χ0v) is 29.6. The van der Waals surface area contributed by atoms with E-state index in [0.717, 1.165) is 0 Å². The molecule has 1 N–H and O–H groups in total. The van der Waals surface area contributed by atoms with E-state index in [1.807, 2.05) is 20.5 Å². The van der Waals surface area contributed by atoms with Crippen molar-refractivity contribution < 1.29 is 42.7 Å². The van der Waals surface area contributed by atoms with Crippen molar-refractivity contribution in [3.63, 3.8) is 0 Å². The van der Waals surface area contributed by atoms with Crippen LogP contribution in [0.3, 0.4) is 0 Å². The maximum Gasteiger partial charge on any atom is 0.317 e. The maximum absolute atomic E-state index is 11.8. The van der Waals surface area contributed by atoms with Gasteiger partial charge in [0.05, 0.1) is 24.9 Å². The van der Waals surface area contributed by atoms with Gasteiger partial charge in [0, 0.05) is 8.04 Å². The highest BCUT2D eigenvalue weighted by atomic mass is 31.2. The predicted molar refractivity (Wildman–Crippen MR) is 158 cm³/mol. The smallest absolute Gasteiger partial charge is 0.317 e. The van der Waals surface area contributed by atoms with E-state index in [0.29, 0.717) is 0 Å². The van der Waals surface area contributed by atoms with Crippen molar-refractivity contribution in [3.05, 3.63) is 0 Å². The first-order valence-electron chi connectivity index (χ1n) is 14.2. The Labute approximate surface area is 236 Å². The highest BCUT2D eigenvalue weighted by Crippen LogP contribution is 2.46. The molecule has 0 bridgehead atoms. The Bertz CT molecular complexity index is 824. The van der Waals surface area contributed by atoms with E-state index in [1.54, 1.807) is 0 Å². The van der Waals surface area contributed by atoms with Crippen LogP contribution in [0.15, 0.2) is 0 Å². The van der Waals surface area contributed by atoms with Crippen LogP contribution in [0.4, 0.5) is 0 Å².